The van der Waals surface area contributed by atoms with Gasteiger partial charge in [0.1, 0.15) is 13.2 Å². The van der Waals surface area contributed by atoms with Crippen LogP contribution in [0.3, 0.4) is 0 Å². The first kappa shape index (κ1) is 16.8. The van der Waals surface area contributed by atoms with Crippen LogP contribution in [0, 0.1) is 0 Å². The summed E-state index contributed by atoms with van der Waals surface area (Å²) in [7, 11) is 2.83. The molecule has 0 saturated heterocycles. The summed E-state index contributed by atoms with van der Waals surface area (Å²) in [6, 6.07) is 4.37. The average Bonchev–Trinajstić information content (AvgIpc) is 2.53. The number of carbonyl (C=O) groups excluding carboxylic acids is 1. The predicted octanol–water partition coefficient (Wildman–Crippen LogP) is 2.46. The lowest BCUT2D eigenvalue weighted by Crippen LogP contribution is -2.30. The van der Waals surface area contributed by atoms with Gasteiger partial charge in [0.25, 0.3) is 5.91 Å². The third kappa shape index (κ3) is 3.79. The van der Waals surface area contributed by atoms with Crippen LogP contribution in [0.5, 0.6) is 11.5 Å². The quantitative estimate of drug-likeness (QED) is 0.917. The van der Waals surface area contributed by atoms with E-state index in [1.807, 2.05) is 0 Å². The summed E-state index contributed by atoms with van der Waals surface area (Å²) in [4.78, 5) is 12.0. The molecule has 1 aromatic rings. The van der Waals surface area contributed by atoms with Gasteiger partial charge >= 0.3 is 6.18 Å². The van der Waals surface area contributed by atoms with Crippen LogP contribution in [-0.4, -0.2) is 39.5 Å². The monoisotopic (exact) mass is 333 g/mol. The molecule has 0 unspecified atom stereocenters. The zero-order valence-corrected chi connectivity index (χ0v) is 12.3. The molecule has 23 heavy (non-hydrogen) atoms. The Morgan fingerprint density at radius 2 is 1.78 bits per heavy atom. The molecular formula is C14H14F3NO5. The van der Waals surface area contributed by atoms with Crippen molar-refractivity contribution >= 4 is 11.6 Å². The van der Waals surface area contributed by atoms with Crippen molar-refractivity contribution in [2.45, 2.75) is 6.18 Å². The van der Waals surface area contributed by atoms with Gasteiger partial charge in [0.15, 0.2) is 11.5 Å². The van der Waals surface area contributed by atoms with Crippen LogP contribution >= 0.6 is 0 Å². The van der Waals surface area contributed by atoms with Crippen LogP contribution in [0.4, 0.5) is 18.9 Å². The van der Waals surface area contributed by atoms with Gasteiger partial charge in [-0.1, -0.05) is 0 Å². The molecule has 9 heteroatoms. The van der Waals surface area contributed by atoms with Crippen LogP contribution in [0.1, 0.15) is 0 Å². The van der Waals surface area contributed by atoms with Crippen LogP contribution in [0.15, 0.2) is 29.7 Å². The van der Waals surface area contributed by atoms with Crippen molar-refractivity contribution in [3.63, 3.8) is 0 Å². The molecule has 0 atom stereocenters. The highest BCUT2D eigenvalue weighted by molar-refractivity contribution is 6.03. The standard InChI is InChI=1S/C14H14F3NO5/c1-20-9-4-3-8(7-10(9)21-2)18-13(19)11-12(14(15,16)17)23-6-5-22-11/h3-4,7H,5-6H2,1-2H3,(H,18,19). The van der Waals surface area contributed by atoms with Gasteiger partial charge in [-0.15, -0.1) is 0 Å². The van der Waals surface area contributed by atoms with E-state index in [4.69, 9.17) is 14.2 Å². The second-order valence-corrected chi connectivity index (χ2v) is 4.38. The molecule has 1 heterocycles. The molecule has 0 aliphatic carbocycles. The van der Waals surface area contributed by atoms with Gasteiger partial charge in [-0.2, -0.15) is 13.2 Å². The molecule has 0 aromatic heterocycles. The maximum atomic E-state index is 12.8. The van der Waals surface area contributed by atoms with Gasteiger partial charge in [0, 0.05) is 11.8 Å². The molecule has 1 aliphatic heterocycles. The molecule has 0 saturated carbocycles. The minimum atomic E-state index is -4.81. The zero-order valence-electron chi connectivity index (χ0n) is 12.3. The minimum Gasteiger partial charge on any atom is -0.493 e. The Morgan fingerprint density at radius 3 is 2.39 bits per heavy atom. The number of hydrogen-bond donors (Lipinski definition) is 1. The Hall–Kier alpha value is -2.58. The Labute approximate surface area is 129 Å². The minimum absolute atomic E-state index is 0.145. The zero-order chi connectivity index (χ0) is 17.0. The number of hydrogen-bond acceptors (Lipinski definition) is 5. The number of rotatable bonds is 4. The van der Waals surface area contributed by atoms with Gasteiger partial charge in [-0.3, -0.25) is 4.79 Å². The van der Waals surface area contributed by atoms with Crippen LogP contribution in [0.25, 0.3) is 0 Å². The molecule has 0 spiro atoms. The number of methoxy groups -OCH3 is 2. The van der Waals surface area contributed by atoms with E-state index in [1.165, 1.54) is 32.4 Å². The molecule has 1 N–H and O–H groups in total. The summed E-state index contributed by atoms with van der Waals surface area (Å²) in [5.74, 6) is -2.68. The Morgan fingerprint density at radius 1 is 1.13 bits per heavy atom. The van der Waals surface area contributed by atoms with Crippen molar-refractivity contribution in [1.29, 1.82) is 0 Å². The molecule has 1 amide bonds. The fourth-order valence-electron chi connectivity index (χ4n) is 1.90. The first-order valence-corrected chi connectivity index (χ1v) is 6.47. The molecule has 0 fully saturated rings. The summed E-state index contributed by atoms with van der Waals surface area (Å²) in [6.45, 7) is -0.420. The molecule has 0 radical (unpaired) electrons. The second-order valence-electron chi connectivity index (χ2n) is 4.38. The lowest BCUT2D eigenvalue weighted by molar-refractivity contribution is -0.151. The summed E-state index contributed by atoms with van der Waals surface area (Å²) in [6.07, 6.45) is -4.81. The summed E-state index contributed by atoms with van der Waals surface area (Å²) in [5, 5.41) is 2.30. The van der Waals surface area contributed by atoms with E-state index in [2.05, 4.69) is 10.1 Å². The average molecular weight is 333 g/mol. The maximum absolute atomic E-state index is 12.8. The van der Waals surface area contributed by atoms with Crippen molar-refractivity contribution in [3.05, 3.63) is 29.7 Å². The van der Waals surface area contributed by atoms with E-state index in [-0.39, 0.29) is 18.9 Å². The van der Waals surface area contributed by atoms with Crippen molar-refractivity contribution < 1.29 is 36.9 Å². The number of allylic oxidation sites excluding steroid dienone is 1. The Kier molecular flexibility index (Phi) is 4.87. The van der Waals surface area contributed by atoms with E-state index in [0.29, 0.717) is 11.5 Å². The third-order valence-electron chi connectivity index (χ3n) is 2.89. The Balaban J connectivity index is 2.25. The van der Waals surface area contributed by atoms with Crippen molar-refractivity contribution in [1.82, 2.24) is 0 Å². The molecule has 1 aromatic carbocycles. The Bertz CT molecular complexity index is 627. The highest BCUT2D eigenvalue weighted by Crippen LogP contribution is 2.33. The lowest BCUT2D eigenvalue weighted by atomic mass is 10.2. The summed E-state index contributed by atoms with van der Waals surface area (Å²) in [5.41, 5.74) is 0.218. The number of benzene rings is 1. The molecular weight excluding hydrogens is 319 g/mol. The molecule has 2 rings (SSSR count). The van der Waals surface area contributed by atoms with Crippen LogP contribution in [-0.2, 0) is 14.3 Å². The largest absolute Gasteiger partial charge is 0.493 e. The summed E-state index contributed by atoms with van der Waals surface area (Å²) < 4.78 is 57.9. The number of amides is 1. The van der Waals surface area contributed by atoms with E-state index < -0.39 is 23.6 Å². The number of nitrogens with one attached hydrogen (secondary N) is 1. The second kappa shape index (κ2) is 6.67. The number of carbonyl (C=O) groups is 1. The topological polar surface area (TPSA) is 66.0 Å². The smallest absolute Gasteiger partial charge is 0.453 e. The maximum Gasteiger partial charge on any atom is 0.453 e. The first-order valence-electron chi connectivity index (χ1n) is 6.47. The number of alkyl halides is 3. The molecule has 1 aliphatic rings. The van der Waals surface area contributed by atoms with E-state index in [0.717, 1.165) is 0 Å². The SMILES string of the molecule is COc1ccc(NC(=O)C2=C(C(F)(F)F)OCCO2)cc1OC. The van der Waals surface area contributed by atoms with Crippen LogP contribution < -0.4 is 14.8 Å². The number of halogens is 3. The van der Waals surface area contributed by atoms with Gasteiger partial charge in [0.2, 0.25) is 11.5 Å². The van der Waals surface area contributed by atoms with E-state index >= 15 is 0 Å². The van der Waals surface area contributed by atoms with Gasteiger partial charge in [-0.05, 0) is 12.1 Å². The van der Waals surface area contributed by atoms with Crippen molar-refractivity contribution in [2.75, 3.05) is 32.8 Å². The fraction of sp³-hybridized carbons (Fsp3) is 0.357. The van der Waals surface area contributed by atoms with Crippen LogP contribution in [0.2, 0.25) is 0 Å². The molecule has 6 nitrogen and oxygen atoms in total. The predicted molar refractivity (Wildman–Crippen MR) is 73.2 cm³/mol. The number of ether oxygens (including phenoxy) is 4. The summed E-state index contributed by atoms with van der Waals surface area (Å²) >= 11 is 0. The highest BCUT2D eigenvalue weighted by atomic mass is 19.4. The normalized spacial score (nSPS) is 14.7. The van der Waals surface area contributed by atoms with E-state index in [1.54, 1.807) is 0 Å². The van der Waals surface area contributed by atoms with Crippen molar-refractivity contribution in [3.8, 4) is 11.5 Å². The van der Waals surface area contributed by atoms with Crippen molar-refractivity contribution in [2.24, 2.45) is 0 Å². The van der Waals surface area contributed by atoms with Gasteiger partial charge < -0.3 is 24.3 Å². The highest BCUT2D eigenvalue weighted by Gasteiger charge is 2.43. The first-order chi connectivity index (χ1) is 10.9. The molecule has 0 bridgehead atoms. The van der Waals surface area contributed by atoms with Gasteiger partial charge in [-0.25, -0.2) is 0 Å². The number of anilines is 1. The van der Waals surface area contributed by atoms with Gasteiger partial charge in [0.05, 0.1) is 14.2 Å². The molecule has 126 valence electrons. The third-order valence-corrected chi connectivity index (χ3v) is 2.89. The van der Waals surface area contributed by atoms with E-state index in [9.17, 15) is 18.0 Å². The fourth-order valence-corrected chi connectivity index (χ4v) is 1.90. The lowest BCUT2D eigenvalue weighted by Gasteiger charge is -2.22.